The second-order valence-corrected chi connectivity index (χ2v) is 6.40. The Hall–Kier alpha value is -1.46. The van der Waals surface area contributed by atoms with Gasteiger partial charge in [0.15, 0.2) is 8.46 Å². The standard InChI is InChI=1S/C22H33OP/c1-3-5-6-7-8-9-10-11-12-13-14-15-16-17-18-19-21-22(24-23)20-4-2/h4,6-7,9-10,12-13,15-16,18-20,22H,3,5,8,11,14,17,21H2,1-2H3/b7-6-,10-9-,13-12-,16-15-,19-18-,20-4+. The van der Waals surface area contributed by atoms with Crippen LogP contribution >= 0.6 is 8.46 Å². The molecule has 1 unspecified atom stereocenters. The number of rotatable bonds is 14. The zero-order chi connectivity index (χ0) is 17.7. The molecule has 0 aliphatic heterocycles. The van der Waals surface area contributed by atoms with Crippen molar-refractivity contribution in [1.82, 2.24) is 0 Å². The Morgan fingerprint density at radius 3 is 1.62 bits per heavy atom. The third-order valence-corrected chi connectivity index (χ3v) is 3.96. The van der Waals surface area contributed by atoms with Crippen LogP contribution in [0.4, 0.5) is 0 Å². The topological polar surface area (TPSA) is 17.1 Å². The van der Waals surface area contributed by atoms with Crippen molar-refractivity contribution in [3.8, 4) is 0 Å². The minimum atomic E-state index is 0.119. The zero-order valence-electron chi connectivity index (χ0n) is 15.3. The first-order valence-corrected chi connectivity index (χ1v) is 9.93. The van der Waals surface area contributed by atoms with E-state index >= 15 is 0 Å². The van der Waals surface area contributed by atoms with E-state index in [1.54, 1.807) is 0 Å². The summed E-state index contributed by atoms with van der Waals surface area (Å²) in [5.74, 6) is 0. The van der Waals surface area contributed by atoms with E-state index in [2.05, 4.69) is 67.7 Å². The van der Waals surface area contributed by atoms with Gasteiger partial charge in [-0.25, -0.2) is 0 Å². The van der Waals surface area contributed by atoms with Crippen LogP contribution in [-0.4, -0.2) is 5.66 Å². The molecule has 0 heterocycles. The highest BCUT2D eigenvalue weighted by molar-refractivity contribution is 7.25. The van der Waals surface area contributed by atoms with Gasteiger partial charge >= 0.3 is 0 Å². The molecule has 0 aromatic carbocycles. The summed E-state index contributed by atoms with van der Waals surface area (Å²) in [4.78, 5) is 0. The molecule has 0 fully saturated rings. The Morgan fingerprint density at radius 2 is 1.21 bits per heavy atom. The van der Waals surface area contributed by atoms with Gasteiger partial charge in [-0.15, -0.1) is 0 Å². The summed E-state index contributed by atoms with van der Waals surface area (Å²) in [7, 11) is 0.200. The fourth-order valence-corrected chi connectivity index (χ4v) is 2.43. The summed E-state index contributed by atoms with van der Waals surface area (Å²) in [5, 5.41) is 0. The van der Waals surface area contributed by atoms with Gasteiger partial charge < -0.3 is 0 Å². The maximum atomic E-state index is 10.9. The minimum absolute atomic E-state index is 0.119. The predicted octanol–water partition coefficient (Wildman–Crippen LogP) is 7.75. The lowest BCUT2D eigenvalue weighted by Crippen LogP contribution is -1.89. The third kappa shape index (κ3) is 16.9. The van der Waals surface area contributed by atoms with Crippen LogP contribution in [0.25, 0.3) is 0 Å². The molecular formula is C22H33OP. The smallest absolute Gasteiger partial charge is 0.163 e. The number of unbranched alkanes of at least 4 members (excludes halogenated alkanes) is 1. The van der Waals surface area contributed by atoms with E-state index in [1.165, 1.54) is 12.8 Å². The maximum absolute atomic E-state index is 10.9. The van der Waals surface area contributed by atoms with Crippen LogP contribution < -0.4 is 0 Å². The van der Waals surface area contributed by atoms with E-state index < -0.39 is 0 Å². The average Bonchev–Trinajstić information content (AvgIpc) is 2.60. The Labute approximate surface area is 150 Å². The van der Waals surface area contributed by atoms with Crippen molar-refractivity contribution in [3.05, 3.63) is 72.9 Å². The molecule has 0 rings (SSSR count). The second kappa shape index (κ2) is 19.6. The molecule has 0 N–H and O–H groups in total. The molecule has 0 aromatic rings. The number of hydrogen-bond donors (Lipinski definition) is 0. The lowest BCUT2D eigenvalue weighted by molar-refractivity contribution is 0.595. The Morgan fingerprint density at radius 1 is 0.750 bits per heavy atom. The highest BCUT2D eigenvalue weighted by atomic mass is 31.1. The maximum Gasteiger partial charge on any atom is 0.163 e. The van der Waals surface area contributed by atoms with Crippen molar-refractivity contribution in [2.75, 3.05) is 0 Å². The number of allylic oxidation sites excluding steroid dienone is 12. The quantitative estimate of drug-likeness (QED) is 0.232. The van der Waals surface area contributed by atoms with Gasteiger partial charge in [-0.05, 0) is 45.4 Å². The van der Waals surface area contributed by atoms with Crippen molar-refractivity contribution in [2.45, 2.75) is 64.5 Å². The van der Waals surface area contributed by atoms with Crippen molar-refractivity contribution < 1.29 is 4.57 Å². The summed E-state index contributed by atoms with van der Waals surface area (Å²) >= 11 is 0. The van der Waals surface area contributed by atoms with E-state index in [1.807, 2.05) is 19.1 Å². The van der Waals surface area contributed by atoms with E-state index in [0.717, 1.165) is 32.1 Å². The minimum Gasteiger partial charge on any atom is -0.274 e. The highest BCUT2D eigenvalue weighted by Crippen LogP contribution is 2.13. The molecule has 132 valence electrons. The normalized spacial score (nSPS) is 14.8. The van der Waals surface area contributed by atoms with Crippen molar-refractivity contribution in [3.63, 3.8) is 0 Å². The van der Waals surface area contributed by atoms with Crippen LogP contribution in [0.2, 0.25) is 0 Å². The van der Waals surface area contributed by atoms with Crippen LogP contribution in [0.5, 0.6) is 0 Å². The first-order valence-electron chi connectivity index (χ1n) is 9.05. The lowest BCUT2D eigenvalue weighted by atomic mass is 10.2. The lowest BCUT2D eigenvalue weighted by Gasteiger charge is -1.96. The second-order valence-electron chi connectivity index (χ2n) is 5.52. The van der Waals surface area contributed by atoms with Gasteiger partial charge in [0.05, 0.1) is 5.66 Å². The molecule has 0 saturated heterocycles. The van der Waals surface area contributed by atoms with Gasteiger partial charge in [-0.3, -0.25) is 4.57 Å². The van der Waals surface area contributed by atoms with E-state index in [9.17, 15) is 4.57 Å². The van der Waals surface area contributed by atoms with Crippen LogP contribution in [0.1, 0.15) is 58.8 Å². The van der Waals surface area contributed by atoms with Gasteiger partial charge in [0, 0.05) is 0 Å². The Balaban J connectivity index is 3.64. The van der Waals surface area contributed by atoms with Gasteiger partial charge in [0.1, 0.15) is 0 Å². The van der Waals surface area contributed by atoms with Crippen molar-refractivity contribution in [1.29, 1.82) is 0 Å². The molecule has 2 heteroatoms. The van der Waals surface area contributed by atoms with Crippen molar-refractivity contribution >= 4 is 8.46 Å². The molecule has 0 bridgehead atoms. The molecule has 0 saturated carbocycles. The van der Waals surface area contributed by atoms with Crippen LogP contribution in [0.15, 0.2) is 72.9 Å². The first-order chi connectivity index (χ1) is 11.8. The van der Waals surface area contributed by atoms with Crippen LogP contribution in [-0.2, 0) is 4.57 Å². The number of hydrogen-bond acceptors (Lipinski definition) is 1. The summed E-state index contributed by atoms with van der Waals surface area (Å²) in [6.07, 6.45) is 33.1. The largest absolute Gasteiger partial charge is 0.274 e. The Kier molecular flexibility index (Phi) is 18.4. The van der Waals surface area contributed by atoms with Crippen molar-refractivity contribution in [2.24, 2.45) is 0 Å². The highest BCUT2D eigenvalue weighted by Gasteiger charge is 1.98. The fourth-order valence-electron chi connectivity index (χ4n) is 1.98. The summed E-state index contributed by atoms with van der Waals surface area (Å²) in [6, 6.07) is 0. The molecular weight excluding hydrogens is 311 g/mol. The van der Waals surface area contributed by atoms with Gasteiger partial charge in [-0.2, -0.15) is 0 Å². The van der Waals surface area contributed by atoms with Crippen LogP contribution in [0.3, 0.4) is 0 Å². The summed E-state index contributed by atoms with van der Waals surface area (Å²) in [5.41, 5.74) is 0.119. The Bertz CT molecular complexity index is 453. The predicted molar refractivity (Wildman–Crippen MR) is 110 cm³/mol. The van der Waals surface area contributed by atoms with E-state index in [4.69, 9.17) is 0 Å². The summed E-state index contributed by atoms with van der Waals surface area (Å²) in [6.45, 7) is 4.16. The van der Waals surface area contributed by atoms with Gasteiger partial charge in [0.2, 0.25) is 0 Å². The molecule has 0 radical (unpaired) electrons. The van der Waals surface area contributed by atoms with Crippen LogP contribution in [0, 0.1) is 0 Å². The summed E-state index contributed by atoms with van der Waals surface area (Å²) < 4.78 is 10.9. The van der Waals surface area contributed by atoms with E-state index in [0.29, 0.717) is 0 Å². The molecule has 1 atom stereocenters. The molecule has 0 amide bonds. The molecule has 1 nitrogen and oxygen atoms in total. The van der Waals surface area contributed by atoms with Gasteiger partial charge in [0.25, 0.3) is 0 Å². The third-order valence-electron chi connectivity index (χ3n) is 3.30. The SMILES string of the molecule is C/C=C/C(C/C=C\C/C=C\C/C=C\C/C=C\C/C=C\CCC)P=O. The molecule has 24 heavy (non-hydrogen) atoms. The van der Waals surface area contributed by atoms with E-state index in [-0.39, 0.29) is 14.1 Å². The van der Waals surface area contributed by atoms with Gasteiger partial charge in [-0.1, -0.05) is 86.3 Å². The fraction of sp³-hybridized carbons (Fsp3) is 0.455. The zero-order valence-corrected chi connectivity index (χ0v) is 16.2. The monoisotopic (exact) mass is 344 g/mol. The molecule has 0 aliphatic carbocycles. The molecule has 0 spiro atoms. The molecule has 0 aliphatic rings. The molecule has 0 aromatic heterocycles. The average molecular weight is 344 g/mol. The first kappa shape index (κ1) is 22.5.